The molecule has 0 unspecified atom stereocenters. The molecule has 0 bridgehead atoms. The number of fused-ring (bicyclic) bond motifs is 8. The Kier molecular flexibility index (Phi) is 6.10. The van der Waals surface area contributed by atoms with Crippen molar-refractivity contribution in [3.8, 4) is 22.3 Å². The largest absolute Gasteiger partial charge is 0.380 e. The van der Waals surface area contributed by atoms with Crippen molar-refractivity contribution in [1.29, 1.82) is 0 Å². The average molecular weight is 685 g/mol. The minimum Gasteiger partial charge on any atom is -0.194 e. The lowest BCUT2D eigenvalue weighted by Gasteiger charge is -2.47. The van der Waals surface area contributed by atoms with Gasteiger partial charge in [0.05, 0.1) is 9.49 Å². The van der Waals surface area contributed by atoms with Crippen molar-refractivity contribution >= 4 is 59.9 Å². The van der Waals surface area contributed by atoms with E-state index < -0.39 is 38.4 Å². The first-order valence-electron chi connectivity index (χ1n) is 14.0. The molecule has 0 nitrogen and oxygen atoms in total. The lowest BCUT2D eigenvalue weighted by molar-refractivity contribution is -0.257. The number of halogens is 6. The van der Waals surface area contributed by atoms with Crippen LogP contribution in [0.4, 0.5) is 26.3 Å². The van der Waals surface area contributed by atoms with E-state index in [1.54, 1.807) is 38.1 Å². The number of benzene rings is 4. The Morgan fingerprint density at radius 3 is 1.16 bits per heavy atom. The Morgan fingerprint density at radius 2 is 0.800 bits per heavy atom. The molecular formula is C35H22F6S4. The van der Waals surface area contributed by atoms with E-state index in [0.717, 1.165) is 32.0 Å². The maximum Gasteiger partial charge on any atom is 0.380 e. The first-order valence-corrected chi connectivity index (χ1v) is 16.5. The van der Waals surface area contributed by atoms with Crippen LogP contribution >= 0.6 is 48.8 Å². The first kappa shape index (κ1) is 29.7. The highest BCUT2D eigenvalue weighted by Crippen LogP contribution is 2.78. The second-order valence-electron chi connectivity index (χ2n) is 12.0. The van der Waals surface area contributed by atoms with Crippen molar-refractivity contribution in [2.75, 3.05) is 0 Å². The fourth-order valence-corrected chi connectivity index (χ4v) is 10.7. The van der Waals surface area contributed by atoms with Crippen LogP contribution in [0.5, 0.6) is 0 Å². The van der Waals surface area contributed by atoms with E-state index in [-0.39, 0.29) is 22.3 Å². The number of thiol groups is 2. The normalized spacial score (nSPS) is 26.4. The predicted molar refractivity (Wildman–Crippen MR) is 175 cm³/mol. The molecule has 2 aliphatic carbocycles. The van der Waals surface area contributed by atoms with Gasteiger partial charge in [-0.05, 0) is 94.8 Å². The van der Waals surface area contributed by atoms with Gasteiger partial charge in [0.25, 0.3) is 0 Å². The second-order valence-corrected chi connectivity index (χ2v) is 16.0. The van der Waals surface area contributed by atoms with Gasteiger partial charge in [-0.3, -0.25) is 0 Å². The monoisotopic (exact) mass is 684 g/mol. The zero-order valence-electron chi connectivity index (χ0n) is 23.6. The van der Waals surface area contributed by atoms with Gasteiger partial charge in [0, 0.05) is 30.7 Å². The van der Waals surface area contributed by atoms with Gasteiger partial charge in [0.1, 0.15) is 0 Å². The number of rotatable bonds is 2. The molecule has 4 aromatic rings. The maximum atomic E-state index is 16.0. The standard InChI is InChI=1S/C35H22F6S4/c1-31-27(23-13-7-19(15-25(23)44-31)17-3-9-21(42)10-4-17)29-30(34(38,39)35(40,41)33(29,36)37)28-24-14-8-20(16-26(24)45-32(28,31)2)18-5-11-22(43)12-6-18/h3-16,42-43H,1-2H3/t31-,32-/m1/s1. The van der Waals surface area contributed by atoms with Crippen LogP contribution in [-0.4, -0.2) is 27.3 Å². The quantitative estimate of drug-likeness (QED) is 0.159. The highest BCUT2D eigenvalue weighted by Gasteiger charge is 2.84. The van der Waals surface area contributed by atoms with Crippen LogP contribution in [0.15, 0.2) is 116 Å². The molecule has 0 amide bonds. The third kappa shape index (κ3) is 3.65. The molecule has 1 fully saturated rings. The fourth-order valence-electron chi connectivity index (χ4n) is 7.16. The zero-order chi connectivity index (χ0) is 31.9. The molecule has 0 spiro atoms. The van der Waals surface area contributed by atoms with Crippen LogP contribution < -0.4 is 0 Å². The summed E-state index contributed by atoms with van der Waals surface area (Å²) in [4.78, 5) is 2.69. The van der Waals surface area contributed by atoms with E-state index in [2.05, 4.69) is 25.3 Å². The van der Waals surface area contributed by atoms with Crippen molar-refractivity contribution in [3.63, 3.8) is 0 Å². The average Bonchev–Trinajstić information content (AvgIpc) is 3.50. The van der Waals surface area contributed by atoms with Gasteiger partial charge in [-0.2, -0.15) is 26.3 Å². The van der Waals surface area contributed by atoms with Crippen molar-refractivity contribution in [2.24, 2.45) is 0 Å². The molecule has 4 aliphatic rings. The van der Waals surface area contributed by atoms with E-state index in [1.807, 2.05) is 60.7 Å². The lowest BCUT2D eigenvalue weighted by Crippen LogP contribution is -2.47. The smallest absolute Gasteiger partial charge is 0.194 e. The Balaban J connectivity index is 1.39. The Morgan fingerprint density at radius 1 is 0.467 bits per heavy atom. The minimum absolute atomic E-state index is 0.146. The Labute approximate surface area is 275 Å². The topological polar surface area (TPSA) is 0 Å². The second kappa shape index (κ2) is 9.24. The summed E-state index contributed by atoms with van der Waals surface area (Å²) in [5.74, 6) is -15.8. The van der Waals surface area contributed by atoms with Crippen molar-refractivity contribution in [2.45, 2.75) is 60.7 Å². The summed E-state index contributed by atoms with van der Waals surface area (Å²) in [6.45, 7) is 3.45. The van der Waals surface area contributed by atoms with Crippen LogP contribution in [-0.2, 0) is 0 Å². The molecule has 10 heteroatoms. The van der Waals surface area contributed by atoms with E-state index in [4.69, 9.17) is 0 Å². The van der Waals surface area contributed by atoms with Crippen LogP contribution in [0.3, 0.4) is 0 Å². The van der Waals surface area contributed by atoms with Gasteiger partial charge < -0.3 is 0 Å². The van der Waals surface area contributed by atoms with Gasteiger partial charge in [0.15, 0.2) is 0 Å². The molecule has 2 atom stereocenters. The molecule has 2 heterocycles. The van der Waals surface area contributed by atoms with Gasteiger partial charge in [0.2, 0.25) is 0 Å². The van der Waals surface area contributed by atoms with Crippen molar-refractivity contribution in [1.82, 2.24) is 0 Å². The van der Waals surface area contributed by atoms with Crippen molar-refractivity contribution < 1.29 is 26.3 Å². The zero-order valence-corrected chi connectivity index (χ0v) is 27.0. The predicted octanol–water partition coefficient (Wildman–Crippen LogP) is 11.5. The third-order valence-electron chi connectivity index (χ3n) is 9.56. The summed E-state index contributed by atoms with van der Waals surface area (Å²) in [6, 6.07) is 25.1. The molecule has 0 N–H and O–H groups in total. The van der Waals surface area contributed by atoms with E-state index >= 15 is 26.3 Å². The molecule has 4 aromatic carbocycles. The number of hydrogen-bond donors (Lipinski definition) is 2. The van der Waals surface area contributed by atoms with Crippen molar-refractivity contribution in [3.05, 3.63) is 107 Å². The fraction of sp³-hybridized carbons (Fsp3) is 0.200. The van der Waals surface area contributed by atoms with Gasteiger partial charge in [-0.1, -0.05) is 48.5 Å². The minimum atomic E-state index is -5.61. The summed E-state index contributed by atoms with van der Waals surface area (Å²) < 4.78 is 92.0. The Hall–Kier alpha value is -2.66. The van der Waals surface area contributed by atoms with Gasteiger partial charge in [-0.25, -0.2) is 0 Å². The van der Waals surface area contributed by atoms with Crippen LogP contribution in [0.1, 0.15) is 25.0 Å². The molecule has 0 saturated heterocycles. The first-order chi connectivity index (χ1) is 21.1. The summed E-state index contributed by atoms with van der Waals surface area (Å²) >= 11 is 11.2. The van der Waals surface area contributed by atoms with Gasteiger partial charge in [-0.15, -0.1) is 48.8 Å². The lowest BCUT2D eigenvalue weighted by atomic mass is 9.68. The number of allylic oxidation sites excluding steroid dienone is 2. The highest BCUT2D eigenvalue weighted by molar-refractivity contribution is 8.06. The summed E-state index contributed by atoms with van der Waals surface area (Å²) in [7, 11) is 0. The molecule has 228 valence electrons. The maximum absolute atomic E-state index is 16.0. The number of hydrogen-bond acceptors (Lipinski definition) is 4. The van der Waals surface area contributed by atoms with E-state index in [9.17, 15) is 0 Å². The van der Waals surface area contributed by atoms with Gasteiger partial charge >= 0.3 is 17.8 Å². The van der Waals surface area contributed by atoms with E-state index in [0.29, 0.717) is 9.79 Å². The summed E-state index contributed by atoms with van der Waals surface area (Å²) in [5.41, 5.74) is 1.06. The van der Waals surface area contributed by atoms with E-state index in [1.165, 1.54) is 23.5 Å². The summed E-state index contributed by atoms with van der Waals surface area (Å²) in [5, 5.41) is 0. The molecule has 2 aliphatic heterocycles. The SMILES string of the molecule is C[C@@]12Sc3cc(-c4ccc(S)cc4)ccc3C1=C1C(=C3c4ccc(-c5ccc(S)cc5)cc4S[C@]32C)C(F)(F)C(F)(F)C1(F)F. The van der Waals surface area contributed by atoms with Crippen LogP contribution in [0.25, 0.3) is 33.4 Å². The molecule has 1 saturated carbocycles. The highest BCUT2D eigenvalue weighted by atomic mass is 32.2. The molecule has 8 rings (SSSR count). The third-order valence-corrected chi connectivity index (χ3v) is 13.4. The van der Waals surface area contributed by atoms with Crippen LogP contribution in [0.2, 0.25) is 0 Å². The number of thioether (sulfide) groups is 2. The Bertz CT molecular complexity index is 1890. The molecule has 45 heavy (non-hydrogen) atoms. The number of alkyl halides is 6. The summed E-state index contributed by atoms with van der Waals surface area (Å²) in [6.07, 6.45) is 0. The molecule has 0 aromatic heterocycles. The molecule has 0 radical (unpaired) electrons. The molecular weight excluding hydrogens is 663 g/mol. The van der Waals surface area contributed by atoms with Crippen LogP contribution in [0, 0.1) is 0 Å².